The van der Waals surface area contributed by atoms with E-state index < -0.39 is 0 Å². The Morgan fingerprint density at radius 1 is 0.390 bits per heavy atom. The fourth-order valence-electron chi connectivity index (χ4n) is 5.73. The van der Waals surface area contributed by atoms with Gasteiger partial charge in [0.05, 0.1) is 0 Å². The van der Waals surface area contributed by atoms with Crippen LogP contribution in [0.4, 0.5) is 23.3 Å². The zero-order chi connectivity index (χ0) is 26.2. The Hall–Kier alpha value is -5.16. The topological polar surface area (TPSA) is 109 Å². The number of nitrogens with one attached hydrogen (secondary N) is 4. The first-order chi connectivity index (χ1) is 19.8. The third-order valence-electron chi connectivity index (χ3n) is 7.59. The molecule has 189 valence electrons. The maximum absolute atomic E-state index is 5.09. The van der Waals surface area contributed by atoms with Crippen molar-refractivity contribution < 1.29 is 0 Å². The van der Waals surface area contributed by atoms with Crippen LogP contribution >= 0.6 is 0 Å². The van der Waals surface area contributed by atoms with Gasteiger partial charge in [-0.15, -0.1) is 0 Å². The molecule has 0 amide bonds. The molecule has 9 rings (SSSR count). The summed E-state index contributed by atoms with van der Waals surface area (Å²) in [4.78, 5) is 30.6. The minimum atomic E-state index is 0. The minimum Gasteiger partial charge on any atom is -0.327 e. The summed E-state index contributed by atoms with van der Waals surface area (Å²) in [6, 6.07) is 32.7. The van der Waals surface area contributed by atoms with E-state index in [4.69, 9.17) is 20.0 Å². The molecule has 41 heavy (non-hydrogen) atoms. The molecule has 0 spiro atoms. The number of hydrogen-bond donors (Lipinski definition) is 4. The van der Waals surface area contributed by atoms with Gasteiger partial charge >= 0.3 is 0 Å². The van der Waals surface area contributed by atoms with Gasteiger partial charge in [-0.05, 0) is 0 Å². The Morgan fingerprint density at radius 2 is 0.829 bits per heavy atom. The third-order valence-corrected chi connectivity index (χ3v) is 7.59. The number of aromatic amines is 3. The molecule has 2 aliphatic rings. The van der Waals surface area contributed by atoms with E-state index >= 15 is 0 Å². The van der Waals surface area contributed by atoms with Gasteiger partial charge in [0.15, 0.2) is 11.7 Å². The second kappa shape index (κ2) is 8.93. The Kier molecular flexibility index (Phi) is 5.16. The molecule has 0 unspecified atom stereocenters. The van der Waals surface area contributed by atoms with Crippen molar-refractivity contribution in [3.05, 3.63) is 119 Å². The van der Waals surface area contributed by atoms with Crippen LogP contribution in [0.3, 0.4) is 0 Å². The van der Waals surface area contributed by atoms with Crippen molar-refractivity contribution in [3.8, 4) is 0 Å². The van der Waals surface area contributed by atoms with Gasteiger partial charge in [-0.3, -0.25) is 0 Å². The molecular formula is C32H20LiN8. The molecule has 2 aliphatic heterocycles. The fourth-order valence-corrected chi connectivity index (χ4v) is 5.73. The van der Waals surface area contributed by atoms with Gasteiger partial charge in [-0.1, -0.05) is 97.1 Å². The summed E-state index contributed by atoms with van der Waals surface area (Å²) < 4.78 is 0. The average Bonchev–Trinajstić information content (AvgIpc) is 3.73. The molecule has 0 atom stereocenters. The van der Waals surface area contributed by atoms with Gasteiger partial charge in [0.1, 0.15) is 34.2 Å². The number of aromatic nitrogens is 3. The van der Waals surface area contributed by atoms with Gasteiger partial charge in [-0.2, -0.15) is 0 Å². The first kappa shape index (κ1) is 23.7. The third kappa shape index (κ3) is 3.55. The van der Waals surface area contributed by atoms with Crippen molar-refractivity contribution in [3.63, 3.8) is 0 Å². The number of aliphatic imine (C=N–C) groups is 2. The van der Waals surface area contributed by atoms with Crippen LogP contribution in [-0.2, 0) is 0 Å². The first-order valence-electron chi connectivity index (χ1n) is 13.1. The maximum atomic E-state index is 5.09. The molecule has 0 aliphatic carbocycles. The molecule has 0 saturated carbocycles. The molecule has 4 N–H and O–H groups in total. The SMILES string of the molecule is [Li].c1ccc2c(c1)C1=N/C2=N\c2[nH]c(c3ccccc23)Nc2[nH]c(c3ccccc23)/N=c2\[nH]c(c3ccccc23)=N1. The van der Waals surface area contributed by atoms with E-state index in [9.17, 15) is 0 Å². The Labute approximate surface area is 244 Å². The van der Waals surface area contributed by atoms with Crippen molar-refractivity contribution in [1.29, 1.82) is 0 Å². The molecule has 7 aromatic rings. The van der Waals surface area contributed by atoms with E-state index in [1.54, 1.807) is 0 Å². The summed E-state index contributed by atoms with van der Waals surface area (Å²) in [5.74, 6) is 4.40. The number of hydrogen-bond acceptors (Lipinski definition) is 5. The molecule has 9 heteroatoms. The quantitative estimate of drug-likeness (QED) is 0.182. The number of fused-ring (bicyclic) bond motifs is 19. The van der Waals surface area contributed by atoms with E-state index in [-0.39, 0.29) is 18.9 Å². The standard InChI is InChI=1S/C32H20N8.Li/c1-2-10-18-17(9-1)25-33-26(18)38-28-21-13-5-6-14-22(21)30(35-28)40-32-24-16-8-7-15-23(24)31(36-32)39-29-20-12-4-3-11-19(20)27(34-29)37-25;/h1-16,33-34,37H,(H,35,36,38,39,40);. The van der Waals surface area contributed by atoms with Crippen LogP contribution in [0.25, 0.3) is 32.3 Å². The van der Waals surface area contributed by atoms with E-state index in [1.165, 1.54) is 0 Å². The van der Waals surface area contributed by atoms with Gasteiger partial charge in [0.2, 0.25) is 0 Å². The van der Waals surface area contributed by atoms with Gasteiger partial charge < -0.3 is 20.3 Å². The van der Waals surface area contributed by atoms with Gasteiger partial charge in [0, 0.05) is 62.3 Å². The molecule has 5 heterocycles. The van der Waals surface area contributed by atoms with Crippen LogP contribution in [-0.4, -0.2) is 45.5 Å². The normalized spacial score (nSPS) is 15.7. The first-order valence-corrected chi connectivity index (χ1v) is 13.1. The van der Waals surface area contributed by atoms with E-state index in [2.05, 4.69) is 56.7 Å². The van der Waals surface area contributed by atoms with E-state index in [0.717, 1.165) is 72.2 Å². The summed E-state index contributed by atoms with van der Waals surface area (Å²) in [7, 11) is 0. The summed E-state index contributed by atoms with van der Waals surface area (Å²) in [5, 5.41) is 9.65. The maximum Gasteiger partial charge on any atom is 0.164 e. The number of nitrogens with zero attached hydrogens (tertiary/aromatic N) is 4. The van der Waals surface area contributed by atoms with Gasteiger partial charge in [0.25, 0.3) is 0 Å². The van der Waals surface area contributed by atoms with Crippen LogP contribution < -0.4 is 16.3 Å². The molecule has 3 aromatic heterocycles. The fraction of sp³-hybridized carbons (Fsp3) is 0. The second-order valence-corrected chi connectivity index (χ2v) is 9.92. The zero-order valence-electron chi connectivity index (χ0n) is 22.0. The van der Waals surface area contributed by atoms with Crippen molar-refractivity contribution >= 4 is 86.1 Å². The van der Waals surface area contributed by atoms with Crippen molar-refractivity contribution in [2.45, 2.75) is 0 Å². The molecule has 8 bridgehead atoms. The number of benzene rings is 4. The molecule has 8 nitrogen and oxygen atoms in total. The number of amidine groups is 2. The van der Waals surface area contributed by atoms with E-state index in [1.807, 2.05) is 60.7 Å². The monoisotopic (exact) mass is 523 g/mol. The van der Waals surface area contributed by atoms with Crippen LogP contribution in [0.15, 0.2) is 117 Å². The number of rotatable bonds is 0. The number of anilines is 2. The largest absolute Gasteiger partial charge is 0.327 e. The summed E-state index contributed by atoms with van der Waals surface area (Å²) >= 11 is 0. The van der Waals surface area contributed by atoms with Crippen LogP contribution in [0, 0.1) is 0 Å². The predicted molar refractivity (Wildman–Crippen MR) is 165 cm³/mol. The molecule has 1 radical (unpaired) electrons. The average molecular weight is 524 g/mol. The van der Waals surface area contributed by atoms with Crippen LogP contribution in [0.5, 0.6) is 0 Å². The summed E-state index contributed by atoms with van der Waals surface area (Å²) in [6.07, 6.45) is 0. The molecule has 4 aromatic carbocycles. The smallest absolute Gasteiger partial charge is 0.164 e. The van der Waals surface area contributed by atoms with Crippen molar-refractivity contribution in [2.75, 3.05) is 5.32 Å². The summed E-state index contributed by atoms with van der Waals surface area (Å²) in [6.45, 7) is 0. The Balaban J connectivity index is 0.00000256. The number of H-pyrrole nitrogens is 3. The zero-order valence-corrected chi connectivity index (χ0v) is 22.0. The van der Waals surface area contributed by atoms with E-state index in [0.29, 0.717) is 17.2 Å². The van der Waals surface area contributed by atoms with Crippen LogP contribution in [0.2, 0.25) is 0 Å². The Morgan fingerprint density at radius 3 is 1.41 bits per heavy atom. The van der Waals surface area contributed by atoms with Gasteiger partial charge in [-0.25, -0.2) is 20.0 Å². The molecule has 0 fully saturated rings. The van der Waals surface area contributed by atoms with Crippen molar-refractivity contribution in [2.24, 2.45) is 20.0 Å². The van der Waals surface area contributed by atoms with Crippen LogP contribution in [0.1, 0.15) is 11.1 Å². The summed E-state index contributed by atoms with van der Waals surface area (Å²) in [5.41, 5.74) is 3.32. The van der Waals surface area contributed by atoms with Crippen molar-refractivity contribution in [1.82, 2.24) is 15.0 Å². The predicted octanol–water partition coefficient (Wildman–Crippen LogP) is 5.92. The molecule has 0 saturated heterocycles. The molecular weight excluding hydrogens is 503 g/mol. The Bertz CT molecular complexity index is 2370. The minimum absolute atomic E-state index is 0. The second-order valence-electron chi connectivity index (χ2n) is 9.92.